The first-order chi connectivity index (χ1) is 5.34. The van der Waals surface area contributed by atoms with E-state index in [2.05, 4.69) is 0 Å². The van der Waals surface area contributed by atoms with Crippen LogP contribution >= 0.6 is 0 Å². The molecule has 0 aliphatic carbocycles. The van der Waals surface area contributed by atoms with Crippen molar-refractivity contribution in [2.75, 3.05) is 13.1 Å². The average molecular weight is 157 g/mol. The second kappa shape index (κ2) is 6.20. The molecule has 1 fully saturated rings. The Morgan fingerprint density at radius 1 is 1.36 bits per heavy atom. The number of carbonyl (C=O) groups excluding carboxylic acids is 1. The van der Waals surface area contributed by atoms with Crippen LogP contribution in [0, 0.1) is 0 Å². The lowest BCUT2D eigenvalue weighted by atomic mass is 10.1. The van der Waals surface area contributed by atoms with Gasteiger partial charge in [-0.1, -0.05) is 13.8 Å². The Balaban J connectivity index is 0.000000461. The van der Waals surface area contributed by atoms with Crippen molar-refractivity contribution < 1.29 is 4.79 Å². The molecule has 0 spiro atoms. The van der Waals surface area contributed by atoms with Gasteiger partial charge in [0.05, 0.1) is 0 Å². The first kappa shape index (κ1) is 10.5. The fraction of sp³-hybridized carbons (Fsp3) is 0.889. The Morgan fingerprint density at radius 3 is 2.36 bits per heavy atom. The fourth-order valence-corrected chi connectivity index (χ4v) is 1.20. The summed E-state index contributed by atoms with van der Waals surface area (Å²) in [7, 11) is 0. The summed E-state index contributed by atoms with van der Waals surface area (Å²) in [4.78, 5) is 12.9. The molecule has 2 nitrogen and oxygen atoms in total. The summed E-state index contributed by atoms with van der Waals surface area (Å²) in [6.07, 6.45) is 3.06. The highest BCUT2D eigenvalue weighted by Crippen LogP contribution is 2.08. The molecule has 0 saturated carbocycles. The minimum atomic E-state index is 0.337. The van der Waals surface area contributed by atoms with Crippen LogP contribution < -0.4 is 0 Å². The maximum atomic E-state index is 11.0. The van der Waals surface area contributed by atoms with Gasteiger partial charge in [-0.2, -0.15) is 0 Å². The second-order valence-corrected chi connectivity index (χ2v) is 2.43. The number of hydrogen-bond acceptors (Lipinski definition) is 1. The van der Waals surface area contributed by atoms with Gasteiger partial charge in [0, 0.05) is 19.5 Å². The maximum Gasteiger partial charge on any atom is 0.222 e. The standard InChI is InChI=1S/C7H13NO.C2H6/c1-2-8-6-4-3-5-7(8)9;1-2/h2-6H2,1H3;1-2H3. The maximum absolute atomic E-state index is 11.0. The van der Waals surface area contributed by atoms with Crippen molar-refractivity contribution >= 4 is 5.91 Å². The van der Waals surface area contributed by atoms with Crippen molar-refractivity contribution in [2.24, 2.45) is 0 Å². The summed E-state index contributed by atoms with van der Waals surface area (Å²) in [5, 5.41) is 0. The zero-order valence-corrected chi connectivity index (χ0v) is 7.89. The molecule has 1 aliphatic heterocycles. The third-order valence-electron chi connectivity index (χ3n) is 1.80. The molecule has 66 valence electrons. The SMILES string of the molecule is CC.CCN1CCCCC1=O. The van der Waals surface area contributed by atoms with E-state index in [0.29, 0.717) is 5.91 Å². The van der Waals surface area contributed by atoms with E-state index in [9.17, 15) is 4.79 Å². The number of amides is 1. The third-order valence-corrected chi connectivity index (χ3v) is 1.80. The summed E-state index contributed by atoms with van der Waals surface area (Å²) in [5.74, 6) is 0.337. The lowest BCUT2D eigenvalue weighted by Gasteiger charge is -2.24. The highest BCUT2D eigenvalue weighted by molar-refractivity contribution is 5.76. The Bertz CT molecular complexity index is 112. The fourth-order valence-electron chi connectivity index (χ4n) is 1.20. The van der Waals surface area contributed by atoms with Crippen molar-refractivity contribution in [3.63, 3.8) is 0 Å². The highest BCUT2D eigenvalue weighted by Gasteiger charge is 2.14. The molecule has 0 unspecified atom stereocenters. The van der Waals surface area contributed by atoms with Gasteiger partial charge in [0.25, 0.3) is 0 Å². The van der Waals surface area contributed by atoms with Crippen molar-refractivity contribution in [3.8, 4) is 0 Å². The third kappa shape index (κ3) is 3.40. The molecule has 2 heteroatoms. The van der Waals surface area contributed by atoms with Crippen LogP contribution in [0.5, 0.6) is 0 Å². The van der Waals surface area contributed by atoms with Crippen molar-refractivity contribution in [2.45, 2.75) is 40.0 Å². The monoisotopic (exact) mass is 157 g/mol. The van der Waals surface area contributed by atoms with Gasteiger partial charge in [0.1, 0.15) is 0 Å². The van der Waals surface area contributed by atoms with Gasteiger partial charge in [0.15, 0.2) is 0 Å². The molecule has 0 atom stereocenters. The predicted octanol–water partition coefficient (Wildman–Crippen LogP) is 2.04. The summed E-state index contributed by atoms with van der Waals surface area (Å²) in [6, 6.07) is 0. The van der Waals surface area contributed by atoms with Crippen LogP contribution in [0.15, 0.2) is 0 Å². The molecule has 1 amide bonds. The van der Waals surface area contributed by atoms with Crippen molar-refractivity contribution in [3.05, 3.63) is 0 Å². The molecule has 0 bridgehead atoms. The molecule has 1 heterocycles. The highest BCUT2D eigenvalue weighted by atomic mass is 16.2. The first-order valence-corrected chi connectivity index (χ1v) is 4.62. The van der Waals surface area contributed by atoms with E-state index in [0.717, 1.165) is 25.9 Å². The molecule has 0 aromatic heterocycles. The van der Waals surface area contributed by atoms with Crippen molar-refractivity contribution in [1.29, 1.82) is 0 Å². The topological polar surface area (TPSA) is 20.3 Å². The largest absolute Gasteiger partial charge is 0.343 e. The van der Waals surface area contributed by atoms with Crippen LogP contribution in [0.4, 0.5) is 0 Å². The summed E-state index contributed by atoms with van der Waals surface area (Å²) >= 11 is 0. The van der Waals surface area contributed by atoms with Crippen LogP contribution in [0.3, 0.4) is 0 Å². The van der Waals surface area contributed by atoms with E-state index in [-0.39, 0.29) is 0 Å². The van der Waals surface area contributed by atoms with Gasteiger partial charge in [0.2, 0.25) is 5.91 Å². The number of likely N-dealkylation sites (tertiary alicyclic amines) is 1. The number of rotatable bonds is 1. The minimum Gasteiger partial charge on any atom is -0.343 e. The molecular formula is C9H19NO. The lowest BCUT2D eigenvalue weighted by molar-refractivity contribution is -0.132. The molecule has 1 aliphatic rings. The number of hydrogen-bond donors (Lipinski definition) is 0. The number of piperidine rings is 1. The van der Waals surface area contributed by atoms with E-state index in [1.807, 2.05) is 25.7 Å². The summed E-state index contributed by atoms with van der Waals surface area (Å²) < 4.78 is 0. The smallest absolute Gasteiger partial charge is 0.222 e. The van der Waals surface area contributed by atoms with Gasteiger partial charge in [-0.25, -0.2) is 0 Å². The van der Waals surface area contributed by atoms with E-state index in [4.69, 9.17) is 0 Å². The molecule has 0 N–H and O–H groups in total. The molecule has 0 aromatic rings. The van der Waals surface area contributed by atoms with Gasteiger partial charge < -0.3 is 4.90 Å². The Kier molecular flexibility index (Phi) is 5.90. The Hall–Kier alpha value is -0.530. The van der Waals surface area contributed by atoms with Gasteiger partial charge >= 0.3 is 0 Å². The first-order valence-electron chi connectivity index (χ1n) is 4.62. The van der Waals surface area contributed by atoms with E-state index in [1.165, 1.54) is 6.42 Å². The predicted molar refractivity (Wildman–Crippen MR) is 47.5 cm³/mol. The van der Waals surface area contributed by atoms with Crippen LogP contribution in [0.25, 0.3) is 0 Å². The summed E-state index contributed by atoms with van der Waals surface area (Å²) in [6.45, 7) is 7.90. The zero-order valence-electron chi connectivity index (χ0n) is 7.89. The van der Waals surface area contributed by atoms with Gasteiger partial charge in [-0.05, 0) is 19.8 Å². The van der Waals surface area contributed by atoms with E-state index in [1.54, 1.807) is 0 Å². The van der Waals surface area contributed by atoms with E-state index >= 15 is 0 Å². The van der Waals surface area contributed by atoms with Crippen molar-refractivity contribution in [1.82, 2.24) is 4.90 Å². The number of nitrogens with zero attached hydrogens (tertiary/aromatic N) is 1. The van der Waals surface area contributed by atoms with Crippen LogP contribution in [-0.4, -0.2) is 23.9 Å². The average Bonchev–Trinajstić information content (AvgIpc) is 2.09. The van der Waals surface area contributed by atoms with Gasteiger partial charge in [-0.3, -0.25) is 4.79 Å². The Labute approximate surface area is 69.6 Å². The van der Waals surface area contributed by atoms with E-state index < -0.39 is 0 Å². The molecule has 1 rings (SSSR count). The van der Waals surface area contributed by atoms with Gasteiger partial charge in [-0.15, -0.1) is 0 Å². The molecule has 0 aromatic carbocycles. The Morgan fingerprint density at radius 2 is 2.00 bits per heavy atom. The molecular weight excluding hydrogens is 138 g/mol. The minimum absolute atomic E-state index is 0.337. The number of carbonyl (C=O) groups is 1. The van der Waals surface area contributed by atoms with Crippen LogP contribution in [0.1, 0.15) is 40.0 Å². The lowest BCUT2D eigenvalue weighted by Crippen LogP contribution is -2.34. The molecule has 11 heavy (non-hydrogen) atoms. The molecule has 0 radical (unpaired) electrons. The molecule has 1 saturated heterocycles. The quantitative estimate of drug-likeness (QED) is 0.570. The zero-order chi connectivity index (χ0) is 8.69. The normalized spacial score (nSPS) is 17.4. The van der Waals surface area contributed by atoms with Crippen LogP contribution in [0.2, 0.25) is 0 Å². The summed E-state index contributed by atoms with van der Waals surface area (Å²) in [5.41, 5.74) is 0. The van der Waals surface area contributed by atoms with Crippen LogP contribution in [-0.2, 0) is 4.79 Å². The second-order valence-electron chi connectivity index (χ2n) is 2.43.